The van der Waals surface area contributed by atoms with Crippen LogP contribution in [0.1, 0.15) is 44.2 Å². The van der Waals surface area contributed by atoms with E-state index in [0.29, 0.717) is 12.8 Å². The van der Waals surface area contributed by atoms with Gasteiger partial charge < -0.3 is 20.1 Å². The van der Waals surface area contributed by atoms with E-state index >= 15 is 0 Å². The van der Waals surface area contributed by atoms with Crippen LogP contribution in [0.4, 0.5) is 4.79 Å². The van der Waals surface area contributed by atoms with Crippen molar-refractivity contribution in [2.24, 2.45) is 0 Å². The molecule has 0 fully saturated rings. The fraction of sp³-hybridized carbons (Fsp3) is 0.333. The number of hydrogen-bond donors (Lipinski definition) is 3. The van der Waals surface area contributed by atoms with Crippen LogP contribution in [0.5, 0.6) is 0 Å². The van der Waals surface area contributed by atoms with Crippen molar-refractivity contribution in [2.45, 2.75) is 51.2 Å². The van der Waals surface area contributed by atoms with Crippen LogP contribution in [0.2, 0.25) is 0 Å². The van der Waals surface area contributed by atoms with E-state index in [9.17, 15) is 14.7 Å². The Bertz CT molecular complexity index is 1010. The molecule has 2 aromatic carbocycles. The summed E-state index contributed by atoms with van der Waals surface area (Å²) in [5.41, 5.74) is 2.08. The molecule has 0 saturated carbocycles. The van der Waals surface area contributed by atoms with Crippen LogP contribution in [0.15, 0.2) is 60.8 Å². The highest BCUT2D eigenvalue weighted by molar-refractivity contribution is 5.87. The number of carboxylic acids is 1. The van der Waals surface area contributed by atoms with Crippen LogP contribution in [-0.4, -0.2) is 33.8 Å². The van der Waals surface area contributed by atoms with E-state index in [1.54, 1.807) is 13.8 Å². The molecule has 6 heteroatoms. The largest absolute Gasteiger partial charge is 0.480 e. The third-order valence-corrected chi connectivity index (χ3v) is 5.48. The molecule has 0 bridgehead atoms. The van der Waals surface area contributed by atoms with E-state index in [1.807, 2.05) is 67.7 Å². The second kappa shape index (κ2) is 9.03. The smallest absolute Gasteiger partial charge is 0.408 e. The van der Waals surface area contributed by atoms with Gasteiger partial charge >= 0.3 is 12.1 Å². The van der Waals surface area contributed by atoms with Gasteiger partial charge in [-0.05, 0) is 43.9 Å². The Morgan fingerprint density at radius 2 is 1.77 bits per heavy atom. The van der Waals surface area contributed by atoms with E-state index < -0.39 is 29.6 Å². The molecule has 2 unspecified atom stereocenters. The van der Waals surface area contributed by atoms with E-state index in [-0.39, 0.29) is 0 Å². The van der Waals surface area contributed by atoms with Crippen LogP contribution >= 0.6 is 0 Å². The lowest BCUT2D eigenvalue weighted by molar-refractivity contribution is -0.140. The Labute approximate surface area is 176 Å². The van der Waals surface area contributed by atoms with Crippen molar-refractivity contribution in [3.8, 4) is 0 Å². The van der Waals surface area contributed by atoms with Crippen LogP contribution in [0.25, 0.3) is 10.9 Å². The SMILES string of the molecule is CCC(C)(C)OC(=O)NC(C(=O)O)C(Cc1ccccc1)c1c[nH]c2ccccc12. The Balaban J connectivity index is 1.98. The molecule has 0 aliphatic carbocycles. The van der Waals surface area contributed by atoms with Crippen molar-refractivity contribution in [3.63, 3.8) is 0 Å². The highest BCUT2D eigenvalue weighted by atomic mass is 16.6. The Morgan fingerprint density at radius 1 is 1.10 bits per heavy atom. The zero-order valence-electron chi connectivity index (χ0n) is 17.5. The minimum atomic E-state index is -1.15. The molecule has 3 aromatic rings. The average molecular weight is 408 g/mol. The average Bonchev–Trinajstić information content (AvgIpc) is 3.15. The minimum absolute atomic E-state index is 0.455. The van der Waals surface area contributed by atoms with Gasteiger partial charge in [-0.1, -0.05) is 55.5 Å². The Hall–Kier alpha value is -3.28. The molecule has 3 N–H and O–H groups in total. The van der Waals surface area contributed by atoms with Crippen molar-refractivity contribution < 1.29 is 19.4 Å². The van der Waals surface area contributed by atoms with Crippen LogP contribution in [-0.2, 0) is 16.0 Å². The molecular formula is C24H28N2O4. The van der Waals surface area contributed by atoms with Crippen LogP contribution in [0.3, 0.4) is 0 Å². The molecule has 1 amide bonds. The molecule has 0 aliphatic rings. The van der Waals surface area contributed by atoms with Crippen molar-refractivity contribution in [1.82, 2.24) is 10.3 Å². The number of aromatic amines is 1. The molecule has 0 spiro atoms. The van der Waals surface area contributed by atoms with Gasteiger partial charge in [0.2, 0.25) is 0 Å². The summed E-state index contributed by atoms with van der Waals surface area (Å²) >= 11 is 0. The molecule has 0 aliphatic heterocycles. The van der Waals surface area contributed by atoms with Gasteiger partial charge in [0.25, 0.3) is 0 Å². The monoisotopic (exact) mass is 408 g/mol. The van der Waals surface area contributed by atoms with Gasteiger partial charge in [0, 0.05) is 23.0 Å². The van der Waals surface area contributed by atoms with Crippen molar-refractivity contribution in [3.05, 3.63) is 71.9 Å². The second-order valence-corrected chi connectivity index (χ2v) is 8.05. The molecular weight excluding hydrogens is 380 g/mol. The number of hydrogen-bond acceptors (Lipinski definition) is 3. The van der Waals surface area contributed by atoms with Gasteiger partial charge in [0.1, 0.15) is 11.6 Å². The number of alkyl carbamates (subject to hydrolysis) is 1. The maximum atomic E-state index is 12.5. The van der Waals surface area contributed by atoms with E-state index in [4.69, 9.17) is 4.74 Å². The summed E-state index contributed by atoms with van der Waals surface area (Å²) < 4.78 is 5.45. The summed E-state index contributed by atoms with van der Waals surface area (Å²) in [5.74, 6) is -1.59. The summed E-state index contributed by atoms with van der Waals surface area (Å²) in [4.78, 5) is 28.0. The third-order valence-electron chi connectivity index (χ3n) is 5.48. The van der Waals surface area contributed by atoms with Crippen molar-refractivity contribution in [1.29, 1.82) is 0 Å². The van der Waals surface area contributed by atoms with E-state index in [1.165, 1.54) is 0 Å². The fourth-order valence-electron chi connectivity index (χ4n) is 3.49. The van der Waals surface area contributed by atoms with Gasteiger partial charge in [-0.3, -0.25) is 0 Å². The number of carbonyl (C=O) groups excluding carboxylic acids is 1. The number of benzene rings is 2. The lowest BCUT2D eigenvalue weighted by Gasteiger charge is -2.28. The van der Waals surface area contributed by atoms with E-state index in [0.717, 1.165) is 22.0 Å². The first-order chi connectivity index (χ1) is 14.3. The number of carboxylic acid groups (broad SMARTS) is 1. The maximum Gasteiger partial charge on any atom is 0.408 e. The lowest BCUT2D eigenvalue weighted by atomic mass is 9.85. The summed E-state index contributed by atoms with van der Waals surface area (Å²) in [6.07, 6.45) is 2.18. The number of carbonyl (C=O) groups is 2. The highest BCUT2D eigenvalue weighted by Gasteiger charge is 2.34. The molecule has 0 saturated heterocycles. The molecule has 6 nitrogen and oxygen atoms in total. The van der Waals surface area contributed by atoms with Crippen LogP contribution in [0, 0.1) is 0 Å². The Morgan fingerprint density at radius 3 is 2.43 bits per heavy atom. The number of H-pyrrole nitrogens is 1. The molecule has 3 rings (SSSR count). The Kier molecular flexibility index (Phi) is 6.45. The zero-order chi connectivity index (χ0) is 21.7. The van der Waals surface area contributed by atoms with Gasteiger partial charge in [0.15, 0.2) is 0 Å². The first kappa shape index (κ1) is 21.4. The van der Waals surface area contributed by atoms with Gasteiger partial charge in [-0.25, -0.2) is 9.59 Å². The van der Waals surface area contributed by atoms with Crippen molar-refractivity contribution in [2.75, 3.05) is 0 Å². The van der Waals surface area contributed by atoms with E-state index in [2.05, 4.69) is 10.3 Å². The topological polar surface area (TPSA) is 91.4 Å². The molecule has 0 radical (unpaired) electrons. The molecule has 2 atom stereocenters. The second-order valence-electron chi connectivity index (χ2n) is 8.05. The summed E-state index contributed by atoms with van der Waals surface area (Å²) in [7, 11) is 0. The first-order valence-corrected chi connectivity index (χ1v) is 10.1. The lowest BCUT2D eigenvalue weighted by Crippen LogP contribution is -2.47. The number of nitrogens with one attached hydrogen (secondary N) is 2. The molecule has 1 heterocycles. The number of aliphatic carboxylic acids is 1. The zero-order valence-corrected chi connectivity index (χ0v) is 17.5. The standard InChI is InChI=1S/C24H28N2O4/c1-4-24(2,3)30-23(29)26-21(22(27)28)18(14-16-10-6-5-7-11-16)19-15-25-20-13-9-8-12-17(19)20/h5-13,15,18,21,25H,4,14H2,1-3H3,(H,26,29)(H,27,28). The number of ether oxygens (including phenoxy) is 1. The molecule has 1 aromatic heterocycles. The quantitative estimate of drug-likeness (QED) is 0.496. The predicted octanol–water partition coefficient (Wildman–Crippen LogP) is 4.86. The van der Waals surface area contributed by atoms with Gasteiger partial charge in [-0.2, -0.15) is 0 Å². The number of fused-ring (bicyclic) bond motifs is 1. The normalized spacial score (nSPS) is 13.6. The summed E-state index contributed by atoms with van der Waals surface area (Å²) in [6.45, 7) is 5.50. The number of amides is 1. The number of aromatic nitrogens is 1. The maximum absolute atomic E-state index is 12.5. The van der Waals surface area contributed by atoms with Gasteiger partial charge in [0.05, 0.1) is 0 Å². The van der Waals surface area contributed by atoms with Crippen molar-refractivity contribution >= 4 is 23.0 Å². The predicted molar refractivity (Wildman–Crippen MR) is 117 cm³/mol. The first-order valence-electron chi connectivity index (χ1n) is 10.1. The van der Waals surface area contributed by atoms with Gasteiger partial charge in [-0.15, -0.1) is 0 Å². The number of rotatable bonds is 8. The number of para-hydroxylation sites is 1. The van der Waals surface area contributed by atoms with Crippen LogP contribution < -0.4 is 5.32 Å². The highest BCUT2D eigenvalue weighted by Crippen LogP contribution is 2.31. The summed E-state index contributed by atoms with van der Waals surface area (Å²) in [5, 5.41) is 13.6. The summed E-state index contributed by atoms with van der Waals surface area (Å²) in [6, 6.07) is 16.3. The third kappa shape index (κ3) is 5.00. The molecule has 158 valence electrons. The molecule has 30 heavy (non-hydrogen) atoms. The minimum Gasteiger partial charge on any atom is -0.480 e. The fourth-order valence-corrected chi connectivity index (χ4v) is 3.49.